The highest BCUT2D eigenvalue weighted by atomic mass is 32.1. The molecule has 2 saturated carbocycles. The Morgan fingerprint density at radius 1 is 1.44 bits per heavy atom. The van der Waals surface area contributed by atoms with E-state index in [1.165, 1.54) is 12.8 Å². The van der Waals surface area contributed by atoms with Gasteiger partial charge >= 0.3 is 0 Å². The maximum absolute atomic E-state index is 12.3. The van der Waals surface area contributed by atoms with Crippen LogP contribution < -0.4 is 5.73 Å². The fourth-order valence-corrected chi connectivity index (χ4v) is 2.35. The summed E-state index contributed by atoms with van der Waals surface area (Å²) in [6, 6.07) is 0.483. The molecule has 0 bridgehead atoms. The van der Waals surface area contributed by atoms with Gasteiger partial charge in [0.25, 0.3) is 0 Å². The van der Waals surface area contributed by atoms with Gasteiger partial charge in [0.1, 0.15) is 0 Å². The summed E-state index contributed by atoms with van der Waals surface area (Å²) in [6.07, 6.45) is 5.60. The summed E-state index contributed by atoms with van der Waals surface area (Å²) in [5, 5.41) is 0. The highest BCUT2D eigenvalue weighted by Crippen LogP contribution is 2.35. The van der Waals surface area contributed by atoms with E-state index < -0.39 is 0 Å². The zero-order valence-electron chi connectivity index (χ0n) is 9.82. The average Bonchev–Trinajstić information content (AvgIpc) is 3.08. The fourth-order valence-electron chi connectivity index (χ4n) is 2.08. The van der Waals surface area contributed by atoms with Crippen LogP contribution in [0.1, 0.15) is 39.0 Å². The normalized spacial score (nSPS) is 21.6. The predicted molar refractivity (Wildman–Crippen MR) is 68.0 cm³/mol. The first-order valence-electron chi connectivity index (χ1n) is 6.23. The first-order valence-corrected chi connectivity index (χ1v) is 6.64. The van der Waals surface area contributed by atoms with Crippen LogP contribution in [0, 0.1) is 11.8 Å². The summed E-state index contributed by atoms with van der Waals surface area (Å²) in [6.45, 7) is 2.91. The van der Waals surface area contributed by atoms with E-state index in [1.54, 1.807) is 0 Å². The monoisotopic (exact) mass is 240 g/mol. The Morgan fingerprint density at radius 3 is 2.44 bits per heavy atom. The predicted octanol–water partition coefficient (Wildman–Crippen LogP) is 1.70. The van der Waals surface area contributed by atoms with E-state index in [4.69, 9.17) is 18.0 Å². The number of carbonyl (C=O) groups excluding carboxylic acids is 1. The third-order valence-electron chi connectivity index (χ3n) is 3.47. The molecule has 0 aromatic carbocycles. The van der Waals surface area contributed by atoms with E-state index in [0.717, 1.165) is 31.7 Å². The van der Waals surface area contributed by atoms with Gasteiger partial charge in [0.15, 0.2) is 0 Å². The Hall–Kier alpha value is -0.640. The largest absolute Gasteiger partial charge is 0.393 e. The molecule has 0 aliphatic heterocycles. The SMILES string of the molecule is CCC(C(=O)N(CC1CC1)C1CC1)C(N)=S. The van der Waals surface area contributed by atoms with E-state index in [2.05, 4.69) is 0 Å². The first kappa shape index (κ1) is 11.8. The van der Waals surface area contributed by atoms with Crippen LogP contribution in [-0.4, -0.2) is 28.4 Å². The average molecular weight is 240 g/mol. The Bertz CT molecular complexity index is 297. The molecule has 1 unspecified atom stereocenters. The molecule has 2 fully saturated rings. The molecule has 2 aliphatic carbocycles. The van der Waals surface area contributed by atoms with Gasteiger partial charge in [0.2, 0.25) is 5.91 Å². The van der Waals surface area contributed by atoms with Crippen LogP contribution in [0.15, 0.2) is 0 Å². The van der Waals surface area contributed by atoms with Crippen molar-refractivity contribution in [2.45, 2.75) is 45.1 Å². The summed E-state index contributed by atoms with van der Waals surface area (Å²) in [5.41, 5.74) is 5.64. The van der Waals surface area contributed by atoms with E-state index >= 15 is 0 Å². The van der Waals surface area contributed by atoms with Crippen molar-refractivity contribution in [2.75, 3.05) is 6.54 Å². The minimum absolute atomic E-state index is 0.171. The van der Waals surface area contributed by atoms with Gasteiger partial charge in [-0.05, 0) is 38.0 Å². The molecule has 3 nitrogen and oxygen atoms in total. The summed E-state index contributed by atoms with van der Waals surface area (Å²) < 4.78 is 0. The molecule has 2 N–H and O–H groups in total. The molecule has 0 spiro atoms. The van der Waals surface area contributed by atoms with Crippen LogP contribution in [0.4, 0.5) is 0 Å². The van der Waals surface area contributed by atoms with Crippen molar-refractivity contribution >= 4 is 23.1 Å². The summed E-state index contributed by atoms with van der Waals surface area (Å²) in [7, 11) is 0. The molecular formula is C12H20N2OS. The molecule has 1 atom stereocenters. The molecule has 0 saturated heterocycles. The molecule has 0 aromatic rings. The minimum atomic E-state index is -0.241. The Labute approximate surface area is 102 Å². The maximum atomic E-state index is 12.3. The van der Waals surface area contributed by atoms with E-state index in [9.17, 15) is 4.79 Å². The maximum Gasteiger partial charge on any atom is 0.232 e. The van der Waals surface area contributed by atoms with Crippen LogP contribution in [0.5, 0.6) is 0 Å². The molecule has 0 aromatic heterocycles. The van der Waals surface area contributed by atoms with Crippen molar-refractivity contribution in [3.8, 4) is 0 Å². The van der Waals surface area contributed by atoms with Gasteiger partial charge in [-0.15, -0.1) is 0 Å². The van der Waals surface area contributed by atoms with Gasteiger partial charge in [0, 0.05) is 12.6 Å². The second-order valence-corrected chi connectivity index (χ2v) is 5.50. The lowest BCUT2D eigenvalue weighted by molar-refractivity contribution is -0.134. The third-order valence-corrected chi connectivity index (χ3v) is 3.76. The number of nitrogens with two attached hydrogens (primary N) is 1. The second kappa shape index (κ2) is 4.70. The smallest absolute Gasteiger partial charge is 0.232 e. The van der Waals surface area contributed by atoms with E-state index in [1.807, 2.05) is 11.8 Å². The Kier molecular flexibility index (Phi) is 3.47. The van der Waals surface area contributed by atoms with Gasteiger partial charge in [-0.1, -0.05) is 19.1 Å². The van der Waals surface area contributed by atoms with Crippen molar-refractivity contribution in [2.24, 2.45) is 17.6 Å². The number of amides is 1. The molecule has 4 heteroatoms. The zero-order valence-corrected chi connectivity index (χ0v) is 10.6. The second-order valence-electron chi connectivity index (χ2n) is 5.03. The molecule has 1 amide bonds. The quantitative estimate of drug-likeness (QED) is 0.719. The number of thiocarbonyl (C=S) groups is 1. The van der Waals surface area contributed by atoms with Gasteiger partial charge in [-0.2, -0.15) is 0 Å². The van der Waals surface area contributed by atoms with Crippen molar-refractivity contribution < 1.29 is 4.79 Å². The highest BCUT2D eigenvalue weighted by Gasteiger charge is 2.38. The van der Waals surface area contributed by atoms with Crippen LogP contribution in [0.2, 0.25) is 0 Å². The van der Waals surface area contributed by atoms with Gasteiger partial charge < -0.3 is 10.6 Å². The van der Waals surface area contributed by atoms with Crippen LogP contribution in [0.3, 0.4) is 0 Å². The lowest BCUT2D eigenvalue weighted by Crippen LogP contribution is -2.43. The fraction of sp³-hybridized carbons (Fsp3) is 0.833. The van der Waals surface area contributed by atoms with Crippen molar-refractivity contribution in [3.05, 3.63) is 0 Å². The van der Waals surface area contributed by atoms with Crippen LogP contribution in [-0.2, 0) is 4.79 Å². The summed E-state index contributed by atoms with van der Waals surface area (Å²) in [5.74, 6) is 0.673. The molecule has 16 heavy (non-hydrogen) atoms. The van der Waals surface area contributed by atoms with Gasteiger partial charge in [0.05, 0.1) is 10.9 Å². The Morgan fingerprint density at radius 2 is 2.06 bits per heavy atom. The third kappa shape index (κ3) is 2.73. The van der Waals surface area contributed by atoms with Gasteiger partial charge in [-0.3, -0.25) is 4.79 Å². The number of nitrogens with zero attached hydrogens (tertiary/aromatic N) is 1. The summed E-state index contributed by atoms with van der Waals surface area (Å²) >= 11 is 4.98. The summed E-state index contributed by atoms with van der Waals surface area (Å²) in [4.78, 5) is 14.7. The van der Waals surface area contributed by atoms with Gasteiger partial charge in [-0.25, -0.2) is 0 Å². The van der Waals surface area contributed by atoms with Crippen molar-refractivity contribution in [3.63, 3.8) is 0 Å². The standard InChI is InChI=1S/C12H20N2OS/c1-2-10(11(13)16)12(15)14(9-5-6-9)7-8-3-4-8/h8-10H,2-7H2,1H3,(H2,13,16). The Balaban J connectivity index is 1.99. The molecule has 0 heterocycles. The number of rotatable bonds is 6. The molecule has 2 rings (SSSR count). The first-order chi connectivity index (χ1) is 7.63. The topological polar surface area (TPSA) is 46.3 Å². The highest BCUT2D eigenvalue weighted by molar-refractivity contribution is 7.80. The molecule has 90 valence electrons. The lowest BCUT2D eigenvalue weighted by Gasteiger charge is -2.26. The molecule has 2 aliphatic rings. The van der Waals surface area contributed by atoms with E-state index in [-0.39, 0.29) is 11.8 Å². The number of hydrogen-bond donors (Lipinski definition) is 1. The van der Waals surface area contributed by atoms with E-state index in [0.29, 0.717) is 11.0 Å². The lowest BCUT2D eigenvalue weighted by atomic mass is 10.0. The minimum Gasteiger partial charge on any atom is -0.393 e. The molecular weight excluding hydrogens is 220 g/mol. The van der Waals surface area contributed by atoms with Crippen LogP contribution >= 0.6 is 12.2 Å². The zero-order chi connectivity index (χ0) is 11.7. The van der Waals surface area contributed by atoms with Crippen molar-refractivity contribution in [1.29, 1.82) is 0 Å². The number of carbonyl (C=O) groups is 1. The number of hydrogen-bond acceptors (Lipinski definition) is 2. The molecule has 0 radical (unpaired) electrons. The van der Waals surface area contributed by atoms with Crippen molar-refractivity contribution in [1.82, 2.24) is 4.90 Å². The van der Waals surface area contributed by atoms with Crippen LogP contribution in [0.25, 0.3) is 0 Å².